The van der Waals surface area contributed by atoms with Gasteiger partial charge in [0.2, 0.25) is 5.91 Å². The molecule has 0 bridgehead atoms. The second-order valence-electron chi connectivity index (χ2n) is 12.2. The number of aromatic hydroxyl groups is 1. The lowest BCUT2D eigenvalue weighted by Crippen LogP contribution is -2.74. The van der Waals surface area contributed by atoms with Gasteiger partial charge < -0.3 is 25.6 Å². The molecule has 0 saturated heterocycles. The van der Waals surface area contributed by atoms with Crippen LogP contribution in [-0.4, -0.2) is 90.1 Å². The number of Topliss-reactive ketones (excluding diaryl/α,β-unsaturated/α-hetero) is 4. The number of hydrogen-bond acceptors (Lipinski definition) is 11. The first-order valence-corrected chi connectivity index (χ1v) is 14.1. The Bertz CT molecular complexity index is 1620. The van der Waals surface area contributed by atoms with E-state index in [1.165, 1.54) is 25.1 Å². The van der Waals surface area contributed by atoms with Gasteiger partial charge in [0.1, 0.15) is 11.5 Å². The number of aliphatic hydroxyl groups is 1. The molecule has 2 fully saturated rings. The molecule has 3 aliphatic rings. The summed E-state index contributed by atoms with van der Waals surface area (Å²) in [5.74, 6) is -11.4. The summed E-state index contributed by atoms with van der Waals surface area (Å²) in [4.78, 5) is 82.9. The van der Waals surface area contributed by atoms with E-state index in [0.717, 1.165) is 5.56 Å². The zero-order valence-electron chi connectivity index (χ0n) is 24.9. The summed E-state index contributed by atoms with van der Waals surface area (Å²) in [6, 6.07) is 6.96. The fraction of sp³-hybridized carbons (Fsp3) is 0.419. The molecule has 2 unspecified atom stereocenters. The smallest absolute Gasteiger partial charge is 0.417 e. The van der Waals surface area contributed by atoms with Gasteiger partial charge in [-0.15, -0.1) is 0 Å². The molecule has 0 aliphatic heterocycles. The van der Waals surface area contributed by atoms with E-state index in [1.54, 1.807) is 43.3 Å². The first-order chi connectivity index (χ1) is 20.6. The Morgan fingerprint density at radius 3 is 2.25 bits per heavy atom. The number of phenols is 1. The van der Waals surface area contributed by atoms with E-state index in [4.69, 9.17) is 10.5 Å². The summed E-state index contributed by atoms with van der Waals surface area (Å²) in [5, 5.41) is 25.5. The van der Waals surface area contributed by atoms with Crippen molar-refractivity contribution >= 4 is 46.5 Å². The number of benzene rings is 2. The molecule has 0 spiro atoms. The molecule has 2 saturated carbocycles. The SMILES string of the molecule is Cc1ccc(OC(=O)Nc2cc(N(C)C)c3c(c2O)C(=O)C2C(=O)[C@]4(O)C(=O)C(C(N)=O)C(=O)[C@@H](N(C)C)[C@@H]4C[C@@H]2C3)cc1. The number of carbonyl (C=O) groups excluding carboxylic acids is 6. The van der Waals surface area contributed by atoms with E-state index < -0.39 is 76.2 Å². The number of phenolic OH excluding ortho intramolecular Hbond substituents is 1. The highest BCUT2D eigenvalue weighted by molar-refractivity contribution is 6.32. The van der Waals surface area contributed by atoms with Crippen LogP contribution in [0.15, 0.2) is 30.3 Å². The van der Waals surface area contributed by atoms with E-state index in [2.05, 4.69) is 5.32 Å². The van der Waals surface area contributed by atoms with Crippen LogP contribution in [0.4, 0.5) is 16.2 Å². The van der Waals surface area contributed by atoms with Crippen molar-refractivity contribution in [1.82, 2.24) is 4.90 Å². The third-order valence-corrected chi connectivity index (χ3v) is 8.99. The van der Waals surface area contributed by atoms with E-state index in [0.29, 0.717) is 11.3 Å². The molecule has 0 radical (unpaired) electrons. The van der Waals surface area contributed by atoms with Crippen LogP contribution in [0.1, 0.15) is 27.9 Å². The number of rotatable bonds is 5. The largest absolute Gasteiger partial charge is 0.505 e. The van der Waals surface area contributed by atoms with Gasteiger partial charge in [0.15, 0.2) is 34.7 Å². The van der Waals surface area contributed by atoms with Crippen LogP contribution >= 0.6 is 0 Å². The fourth-order valence-electron chi connectivity index (χ4n) is 7.00. The minimum Gasteiger partial charge on any atom is -0.505 e. The number of anilines is 2. The lowest BCUT2D eigenvalue weighted by molar-refractivity contribution is -0.181. The average molecular weight is 607 g/mol. The normalized spacial score (nSPS) is 27.8. The van der Waals surface area contributed by atoms with Crippen LogP contribution in [0.3, 0.4) is 0 Å². The molecule has 0 heterocycles. The van der Waals surface area contributed by atoms with E-state index in [1.807, 2.05) is 6.92 Å². The van der Waals surface area contributed by atoms with E-state index in [9.17, 15) is 39.0 Å². The minimum atomic E-state index is -2.83. The number of primary amides is 1. The number of likely N-dealkylation sites (N-methyl/N-ethyl adjacent to an activating group) is 1. The third kappa shape index (κ3) is 4.63. The Labute approximate surface area is 252 Å². The van der Waals surface area contributed by atoms with Crippen molar-refractivity contribution in [2.24, 2.45) is 29.4 Å². The van der Waals surface area contributed by atoms with Gasteiger partial charge in [0.05, 0.1) is 23.2 Å². The Kier molecular flexibility index (Phi) is 7.58. The summed E-state index contributed by atoms with van der Waals surface area (Å²) in [7, 11) is 6.45. The number of nitrogens with zero attached hydrogens (tertiary/aromatic N) is 2. The van der Waals surface area contributed by atoms with Gasteiger partial charge in [0, 0.05) is 25.7 Å². The summed E-state index contributed by atoms with van der Waals surface area (Å²) in [6.07, 6.45) is -0.924. The highest BCUT2D eigenvalue weighted by Crippen LogP contribution is 2.52. The summed E-state index contributed by atoms with van der Waals surface area (Å²) >= 11 is 0. The van der Waals surface area contributed by atoms with Gasteiger partial charge in [0.25, 0.3) is 0 Å². The molecule has 2 aromatic carbocycles. The maximum absolute atomic E-state index is 14.1. The highest BCUT2D eigenvalue weighted by Gasteiger charge is 2.69. The molecule has 13 heteroatoms. The molecule has 2 aromatic rings. The second-order valence-corrected chi connectivity index (χ2v) is 12.2. The monoisotopic (exact) mass is 606 g/mol. The van der Waals surface area contributed by atoms with Gasteiger partial charge in [-0.1, -0.05) is 17.7 Å². The third-order valence-electron chi connectivity index (χ3n) is 8.99. The van der Waals surface area contributed by atoms with Crippen molar-refractivity contribution in [3.05, 3.63) is 47.0 Å². The molecular weight excluding hydrogens is 572 g/mol. The standard InChI is InChI=1S/C31H34N4O9/c1-13-6-8-15(9-7-13)44-30(42)33-18-12-19(34(2)3)16-10-14-11-17-23(35(4)5)26(38)22(29(32)41)28(40)31(17,43)27(39)20(14)25(37)21(16)24(18)36/h6-9,12,14,17,20,22-23,36,43H,10-11H2,1-5H3,(H2,32,41)(H,33,42)/t14-,17-,20?,22?,23-,31-/m0/s1. The van der Waals surface area contributed by atoms with Crippen molar-refractivity contribution in [2.75, 3.05) is 38.4 Å². The number of ether oxygens (including phenoxy) is 1. The Hall–Kier alpha value is -4.62. The summed E-state index contributed by atoms with van der Waals surface area (Å²) in [5.41, 5.74) is 3.96. The lowest BCUT2D eigenvalue weighted by atomic mass is 9.52. The molecule has 3 aliphatic carbocycles. The summed E-state index contributed by atoms with van der Waals surface area (Å²) < 4.78 is 5.30. The first kappa shape index (κ1) is 30.8. The number of amides is 2. The molecule has 5 rings (SSSR count). The molecular formula is C31H34N4O9. The van der Waals surface area contributed by atoms with Gasteiger partial charge in [-0.25, -0.2) is 4.79 Å². The van der Waals surface area contributed by atoms with Gasteiger partial charge in [-0.2, -0.15) is 0 Å². The van der Waals surface area contributed by atoms with Crippen LogP contribution < -0.4 is 20.7 Å². The number of carbonyl (C=O) groups is 6. The molecule has 2 amide bonds. The minimum absolute atomic E-state index is 0.0690. The maximum Gasteiger partial charge on any atom is 0.417 e. The molecule has 6 atom stereocenters. The second kappa shape index (κ2) is 10.8. The van der Waals surface area contributed by atoms with Crippen LogP contribution in [0.25, 0.3) is 0 Å². The lowest BCUT2D eigenvalue weighted by Gasteiger charge is -2.52. The average Bonchev–Trinajstić information content (AvgIpc) is 2.93. The number of fused-ring (bicyclic) bond motifs is 3. The van der Waals surface area contributed by atoms with Crippen molar-refractivity contribution < 1.29 is 43.7 Å². The maximum atomic E-state index is 14.1. The predicted molar refractivity (Wildman–Crippen MR) is 157 cm³/mol. The van der Waals surface area contributed by atoms with Crippen molar-refractivity contribution in [3.8, 4) is 11.5 Å². The van der Waals surface area contributed by atoms with Gasteiger partial charge in [-0.3, -0.25) is 34.2 Å². The number of nitrogens with one attached hydrogen (secondary N) is 1. The van der Waals surface area contributed by atoms with Crippen LogP contribution in [-0.2, 0) is 25.6 Å². The van der Waals surface area contributed by atoms with E-state index in [-0.39, 0.29) is 29.8 Å². The molecule has 5 N–H and O–H groups in total. The Balaban J connectivity index is 1.57. The molecule has 13 nitrogen and oxygen atoms in total. The van der Waals surface area contributed by atoms with Crippen molar-refractivity contribution in [1.29, 1.82) is 0 Å². The Morgan fingerprint density at radius 2 is 1.68 bits per heavy atom. The number of aryl methyl sites for hydroxylation is 1. The number of ketones is 4. The first-order valence-electron chi connectivity index (χ1n) is 14.1. The summed E-state index contributed by atoms with van der Waals surface area (Å²) in [6.45, 7) is 1.87. The highest BCUT2D eigenvalue weighted by atomic mass is 16.6. The van der Waals surface area contributed by atoms with Crippen molar-refractivity contribution in [2.45, 2.75) is 31.4 Å². The number of nitrogens with two attached hydrogens (primary N) is 1. The van der Waals surface area contributed by atoms with Gasteiger partial charge in [-0.05, 0) is 63.5 Å². The molecule has 0 aromatic heterocycles. The number of hydrogen-bond donors (Lipinski definition) is 4. The molecule has 44 heavy (non-hydrogen) atoms. The van der Waals surface area contributed by atoms with Gasteiger partial charge >= 0.3 is 6.09 Å². The predicted octanol–water partition coefficient (Wildman–Crippen LogP) is 0.852. The fourth-order valence-corrected chi connectivity index (χ4v) is 7.00. The van der Waals surface area contributed by atoms with Crippen LogP contribution in [0.2, 0.25) is 0 Å². The Morgan fingerprint density at radius 1 is 1.05 bits per heavy atom. The quantitative estimate of drug-likeness (QED) is 0.278. The van der Waals surface area contributed by atoms with Crippen LogP contribution in [0.5, 0.6) is 11.5 Å². The van der Waals surface area contributed by atoms with Crippen LogP contribution in [0, 0.1) is 30.6 Å². The molecule has 232 valence electrons. The van der Waals surface area contributed by atoms with E-state index >= 15 is 0 Å². The zero-order valence-corrected chi connectivity index (χ0v) is 24.9. The topological polar surface area (TPSA) is 197 Å². The van der Waals surface area contributed by atoms with Crippen molar-refractivity contribution in [3.63, 3.8) is 0 Å². The zero-order chi connectivity index (χ0) is 32.4.